The molecule has 1 heterocycles. The molecule has 22 heavy (non-hydrogen) atoms. The minimum atomic E-state index is -1.75. The summed E-state index contributed by atoms with van der Waals surface area (Å²) >= 11 is 0. The van der Waals surface area contributed by atoms with Gasteiger partial charge >= 0.3 is 0 Å². The number of nitrogens with zero attached hydrogens (tertiary/aromatic N) is 2. The van der Waals surface area contributed by atoms with E-state index in [4.69, 9.17) is 15.3 Å². The van der Waals surface area contributed by atoms with Gasteiger partial charge in [0.25, 0.3) is 0 Å². The van der Waals surface area contributed by atoms with E-state index in [-0.39, 0.29) is 0 Å². The molecule has 0 amide bonds. The zero-order valence-corrected chi connectivity index (χ0v) is 13.8. The average Bonchev–Trinajstić information content (AvgIpc) is 2.50. The molecule has 0 spiro atoms. The molecule has 0 saturated heterocycles. The Morgan fingerprint density at radius 1 is 0.773 bits per heavy atom. The van der Waals surface area contributed by atoms with Crippen molar-refractivity contribution in [1.29, 1.82) is 0 Å². The van der Waals surface area contributed by atoms with Crippen molar-refractivity contribution in [2.24, 2.45) is 0 Å². The minimum Gasteiger partial charge on any atom is -0.356 e. The molecule has 0 N–H and O–H groups in total. The normalized spacial score (nSPS) is 9.86. The van der Waals surface area contributed by atoms with Crippen LogP contribution in [-0.4, -0.2) is 5.09 Å². The third kappa shape index (κ3) is 16.4. The van der Waals surface area contributed by atoms with E-state index in [0.29, 0.717) is 0 Å². The standard InChI is InChI=1S/C17H30N.NO3/c1-2-3-4-5-6-7-8-9-10-12-15-18-16-13-11-14-17-18;2-1(3)4/h11,13-14,16-17H,2-10,12,15H2,1H3;/q+1;-1. The van der Waals surface area contributed by atoms with Crippen LogP contribution in [0.15, 0.2) is 30.6 Å². The van der Waals surface area contributed by atoms with E-state index in [9.17, 15) is 0 Å². The Labute approximate surface area is 134 Å². The lowest BCUT2D eigenvalue weighted by atomic mass is 10.1. The Kier molecular flexibility index (Phi) is 14.6. The lowest BCUT2D eigenvalue weighted by Crippen LogP contribution is -2.32. The fraction of sp³-hybridized carbons (Fsp3) is 0.706. The molecule has 0 bridgehead atoms. The molecule has 0 aliphatic carbocycles. The van der Waals surface area contributed by atoms with Gasteiger partial charge in [-0.25, -0.2) is 4.57 Å². The SMILES string of the molecule is CCCCCCCCCCCC[n+]1ccccc1.O=[N+]([O-])[O-]. The first-order valence-electron chi connectivity index (χ1n) is 8.42. The molecule has 5 nitrogen and oxygen atoms in total. The van der Waals surface area contributed by atoms with E-state index in [1.807, 2.05) is 0 Å². The van der Waals surface area contributed by atoms with Gasteiger partial charge in [0.15, 0.2) is 12.4 Å². The Hall–Kier alpha value is -1.65. The molecule has 126 valence electrons. The van der Waals surface area contributed by atoms with Crippen LogP contribution in [0.4, 0.5) is 0 Å². The zero-order valence-electron chi connectivity index (χ0n) is 13.8. The summed E-state index contributed by atoms with van der Waals surface area (Å²) in [6, 6.07) is 6.29. The summed E-state index contributed by atoms with van der Waals surface area (Å²) in [5.41, 5.74) is 0. The van der Waals surface area contributed by atoms with Crippen molar-refractivity contribution in [3.05, 3.63) is 45.9 Å². The first-order valence-corrected chi connectivity index (χ1v) is 8.42. The number of aryl methyl sites for hydroxylation is 1. The van der Waals surface area contributed by atoms with Crippen molar-refractivity contribution < 1.29 is 9.65 Å². The van der Waals surface area contributed by atoms with Crippen molar-refractivity contribution in [1.82, 2.24) is 0 Å². The number of hydrogen-bond donors (Lipinski definition) is 0. The molecule has 0 aliphatic rings. The summed E-state index contributed by atoms with van der Waals surface area (Å²) < 4.78 is 2.28. The smallest absolute Gasteiger partial charge is 0.168 e. The van der Waals surface area contributed by atoms with Crippen LogP contribution >= 0.6 is 0 Å². The predicted octanol–water partition coefficient (Wildman–Crippen LogP) is 4.66. The van der Waals surface area contributed by atoms with E-state index < -0.39 is 5.09 Å². The first kappa shape index (κ1) is 20.3. The first-order chi connectivity index (χ1) is 10.7. The predicted molar refractivity (Wildman–Crippen MR) is 88.8 cm³/mol. The highest BCUT2D eigenvalue weighted by atomic mass is 16.9. The van der Waals surface area contributed by atoms with Crippen molar-refractivity contribution >= 4 is 0 Å². The number of pyridine rings is 1. The van der Waals surface area contributed by atoms with Crippen molar-refractivity contribution in [2.75, 3.05) is 0 Å². The molecule has 0 saturated carbocycles. The second kappa shape index (κ2) is 15.7. The maximum atomic E-state index is 8.25. The van der Waals surface area contributed by atoms with Crippen LogP contribution in [0, 0.1) is 15.3 Å². The van der Waals surface area contributed by atoms with Crippen LogP contribution in [0.25, 0.3) is 0 Å². The van der Waals surface area contributed by atoms with Gasteiger partial charge in [-0.05, 0) is 6.42 Å². The topological polar surface area (TPSA) is 70.1 Å². The summed E-state index contributed by atoms with van der Waals surface area (Å²) in [4.78, 5) is 8.25. The van der Waals surface area contributed by atoms with E-state index in [0.717, 1.165) is 0 Å². The molecule has 5 heteroatoms. The van der Waals surface area contributed by atoms with Crippen LogP contribution < -0.4 is 4.57 Å². The molecular weight excluding hydrogens is 280 g/mol. The van der Waals surface area contributed by atoms with Gasteiger partial charge in [-0.1, -0.05) is 64.4 Å². The lowest BCUT2D eigenvalue weighted by Gasteiger charge is -2.01. The molecule has 0 atom stereocenters. The zero-order chi connectivity index (χ0) is 16.5. The van der Waals surface area contributed by atoms with Gasteiger partial charge in [-0.15, -0.1) is 0 Å². The third-order valence-electron chi connectivity index (χ3n) is 3.55. The van der Waals surface area contributed by atoms with Crippen molar-refractivity contribution in [3.63, 3.8) is 0 Å². The van der Waals surface area contributed by atoms with Crippen molar-refractivity contribution in [3.8, 4) is 0 Å². The molecule has 1 rings (SSSR count). The van der Waals surface area contributed by atoms with Crippen LogP contribution in [0.5, 0.6) is 0 Å². The van der Waals surface area contributed by atoms with E-state index in [1.165, 1.54) is 70.8 Å². The molecular formula is C17H30N2O3. The number of aromatic nitrogens is 1. The second-order valence-electron chi connectivity index (χ2n) is 5.52. The van der Waals surface area contributed by atoms with Gasteiger partial charge < -0.3 is 15.3 Å². The van der Waals surface area contributed by atoms with Gasteiger partial charge in [0.2, 0.25) is 0 Å². The molecule has 1 aromatic heterocycles. The van der Waals surface area contributed by atoms with Gasteiger partial charge in [0.05, 0.1) is 5.09 Å². The third-order valence-corrected chi connectivity index (χ3v) is 3.55. The van der Waals surface area contributed by atoms with E-state index in [2.05, 4.69) is 42.1 Å². The highest BCUT2D eigenvalue weighted by Gasteiger charge is 1.97. The molecule has 0 aliphatic heterocycles. The Morgan fingerprint density at radius 2 is 1.18 bits per heavy atom. The van der Waals surface area contributed by atoms with E-state index >= 15 is 0 Å². The summed E-state index contributed by atoms with van der Waals surface area (Å²) in [6.07, 6.45) is 18.5. The molecule has 0 aromatic carbocycles. The van der Waals surface area contributed by atoms with Gasteiger partial charge in [-0.2, -0.15) is 0 Å². The van der Waals surface area contributed by atoms with Crippen molar-refractivity contribution in [2.45, 2.75) is 77.7 Å². The summed E-state index contributed by atoms with van der Waals surface area (Å²) in [5, 5.41) is 14.8. The second-order valence-corrected chi connectivity index (χ2v) is 5.52. The van der Waals surface area contributed by atoms with Gasteiger partial charge in [0, 0.05) is 18.6 Å². The Morgan fingerprint density at radius 3 is 1.64 bits per heavy atom. The number of hydrogen-bond acceptors (Lipinski definition) is 3. The minimum absolute atomic E-state index is 1.18. The number of unbranched alkanes of at least 4 members (excludes halogenated alkanes) is 9. The summed E-state index contributed by atoms with van der Waals surface area (Å²) in [5.74, 6) is 0. The van der Waals surface area contributed by atoms with Crippen LogP contribution in [-0.2, 0) is 6.54 Å². The highest BCUT2D eigenvalue weighted by Crippen LogP contribution is 2.10. The summed E-state index contributed by atoms with van der Waals surface area (Å²) in [6.45, 7) is 3.46. The Balaban J connectivity index is 0.000000980. The fourth-order valence-corrected chi connectivity index (χ4v) is 2.37. The molecule has 0 fully saturated rings. The fourth-order valence-electron chi connectivity index (χ4n) is 2.37. The maximum Gasteiger partial charge on any atom is 0.168 e. The number of rotatable bonds is 11. The van der Waals surface area contributed by atoms with Gasteiger partial charge in [-0.3, -0.25) is 0 Å². The highest BCUT2D eigenvalue weighted by molar-refractivity contribution is 4.83. The Bertz CT molecular complexity index is 354. The van der Waals surface area contributed by atoms with E-state index in [1.54, 1.807) is 0 Å². The summed E-state index contributed by atoms with van der Waals surface area (Å²) in [7, 11) is 0. The molecule has 0 radical (unpaired) electrons. The average molecular weight is 310 g/mol. The quantitative estimate of drug-likeness (QED) is 0.258. The van der Waals surface area contributed by atoms with Crippen LogP contribution in [0.3, 0.4) is 0 Å². The lowest BCUT2D eigenvalue weighted by molar-refractivity contribution is -0.697. The molecule has 0 unspecified atom stereocenters. The molecule has 1 aromatic rings. The van der Waals surface area contributed by atoms with Crippen LogP contribution in [0.1, 0.15) is 71.1 Å². The largest absolute Gasteiger partial charge is 0.356 e. The monoisotopic (exact) mass is 310 g/mol. The van der Waals surface area contributed by atoms with Gasteiger partial charge in [0.1, 0.15) is 6.54 Å². The maximum absolute atomic E-state index is 8.25. The van der Waals surface area contributed by atoms with Crippen LogP contribution in [0.2, 0.25) is 0 Å².